The molecule has 1 aromatic heterocycles. The van der Waals surface area contributed by atoms with Crippen molar-refractivity contribution in [1.82, 2.24) is 8.86 Å². The standard InChI is InChI=1S/C25H31N3O5S/c1-31-20-11-10-18(23(32-2)24(20)33-3)17-26-13-15-27(16-14-26)22(29)9-6-12-28-25(30)19-7-4-5-8-21(19)34-28/h4-5,7-8,10-11H,6,9,12-17H2,1-3H3/p+1. The lowest BCUT2D eigenvalue weighted by Gasteiger charge is -2.32. The molecule has 1 fully saturated rings. The van der Waals surface area contributed by atoms with E-state index in [9.17, 15) is 9.59 Å². The molecule has 1 amide bonds. The average molecular weight is 487 g/mol. The highest BCUT2D eigenvalue weighted by atomic mass is 32.1. The van der Waals surface area contributed by atoms with Gasteiger partial charge in [0.1, 0.15) is 6.54 Å². The maximum Gasteiger partial charge on any atom is 0.268 e. The van der Waals surface area contributed by atoms with E-state index in [0.717, 1.165) is 48.4 Å². The number of carbonyl (C=O) groups excluding carboxylic acids is 1. The number of piperazine rings is 1. The minimum absolute atomic E-state index is 0.0378. The first kappa shape index (κ1) is 24.1. The van der Waals surface area contributed by atoms with Crippen molar-refractivity contribution < 1.29 is 23.9 Å². The summed E-state index contributed by atoms with van der Waals surface area (Å²) in [5, 5.41) is 0.754. The van der Waals surface area contributed by atoms with Crippen molar-refractivity contribution in [2.24, 2.45) is 0 Å². The van der Waals surface area contributed by atoms with Crippen molar-refractivity contribution in [3.05, 3.63) is 52.3 Å². The summed E-state index contributed by atoms with van der Waals surface area (Å²) < 4.78 is 19.2. The second-order valence-corrected chi connectivity index (χ2v) is 9.46. The minimum Gasteiger partial charge on any atom is -0.493 e. The Labute approximate surface area is 203 Å². The summed E-state index contributed by atoms with van der Waals surface area (Å²) in [6.45, 7) is 4.58. The van der Waals surface area contributed by atoms with Gasteiger partial charge in [-0.1, -0.05) is 23.7 Å². The van der Waals surface area contributed by atoms with Crippen LogP contribution in [0.25, 0.3) is 10.1 Å². The molecule has 2 aromatic carbocycles. The molecule has 0 radical (unpaired) electrons. The fraction of sp³-hybridized carbons (Fsp3) is 0.440. The number of fused-ring (bicyclic) bond motifs is 1. The lowest BCUT2D eigenvalue weighted by Crippen LogP contribution is -3.13. The van der Waals surface area contributed by atoms with Crippen LogP contribution in [-0.4, -0.2) is 62.3 Å². The van der Waals surface area contributed by atoms with Gasteiger partial charge in [-0.15, -0.1) is 0 Å². The van der Waals surface area contributed by atoms with Gasteiger partial charge in [-0.25, -0.2) is 0 Å². The third-order valence-corrected chi connectivity index (χ3v) is 7.48. The van der Waals surface area contributed by atoms with Crippen LogP contribution in [0.3, 0.4) is 0 Å². The Morgan fingerprint density at radius 2 is 1.74 bits per heavy atom. The van der Waals surface area contributed by atoms with Crippen LogP contribution < -0.4 is 24.7 Å². The van der Waals surface area contributed by atoms with E-state index < -0.39 is 0 Å². The zero-order chi connectivity index (χ0) is 24.1. The number of quaternary nitrogens is 1. The van der Waals surface area contributed by atoms with Crippen LogP contribution in [-0.2, 0) is 17.9 Å². The smallest absolute Gasteiger partial charge is 0.268 e. The van der Waals surface area contributed by atoms with Crippen LogP contribution in [0, 0.1) is 0 Å². The van der Waals surface area contributed by atoms with Gasteiger partial charge in [-0.3, -0.25) is 13.5 Å². The Kier molecular flexibility index (Phi) is 7.74. The Bertz CT molecular complexity index is 1200. The molecular formula is C25H32N3O5S+. The number of ether oxygens (including phenoxy) is 3. The van der Waals surface area contributed by atoms with Gasteiger partial charge in [-0.2, -0.15) is 0 Å². The summed E-state index contributed by atoms with van der Waals surface area (Å²) in [6, 6.07) is 11.6. The number of carbonyl (C=O) groups is 1. The number of hydrogen-bond donors (Lipinski definition) is 1. The molecule has 4 rings (SSSR count). The lowest BCUT2D eigenvalue weighted by atomic mass is 10.1. The second kappa shape index (κ2) is 10.9. The number of hydrogen-bond acceptors (Lipinski definition) is 6. The van der Waals surface area contributed by atoms with Crippen molar-refractivity contribution in [2.75, 3.05) is 47.5 Å². The molecule has 8 nitrogen and oxygen atoms in total. The molecule has 0 bridgehead atoms. The van der Waals surface area contributed by atoms with Crippen LogP contribution in [0.5, 0.6) is 17.2 Å². The van der Waals surface area contributed by atoms with E-state index in [1.54, 1.807) is 25.3 Å². The van der Waals surface area contributed by atoms with Gasteiger partial charge in [0.15, 0.2) is 11.5 Å². The normalized spacial score (nSPS) is 14.4. The van der Waals surface area contributed by atoms with Gasteiger partial charge in [0.05, 0.1) is 63.2 Å². The Balaban J connectivity index is 1.28. The van der Waals surface area contributed by atoms with Crippen molar-refractivity contribution in [1.29, 1.82) is 0 Å². The SMILES string of the molecule is COc1ccc(C[NH+]2CCN(C(=O)CCCn3sc4ccccc4c3=O)CC2)c(OC)c1OC. The maximum atomic E-state index is 12.7. The number of nitrogens with zero attached hydrogens (tertiary/aromatic N) is 2. The average Bonchev–Trinajstić information content (AvgIpc) is 3.19. The van der Waals surface area contributed by atoms with Crippen molar-refractivity contribution >= 4 is 27.5 Å². The number of methoxy groups -OCH3 is 3. The van der Waals surface area contributed by atoms with Crippen LogP contribution in [0.1, 0.15) is 18.4 Å². The van der Waals surface area contributed by atoms with Crippen LogP contribution in [0.4, 0.5) is 0 Å². The highest BCUT2D eigenvalue weighted by molar-refractivity contribution is 7.13. The Morgan fingerprint density at radius 1 is 1.00 bits per heavy atom. The molecule has 34 heavy (non-hydrogen) atoms. The van der Waals surface area contributed by atoms with Crippen LogP contribution >= 0.6 is 11.5 Å². The number of aromatic nitrogens is 1. The molecule has 182 valence electrons. The third-order valence-electron chi connectivity index (χ3n) is 6.35. The van der Waals surface area contributed by atoms with Gasteiger partial charge in [0.25, 0.3) is 5.56 Å². The maximum absolute atomic E-state index is 12.7. The predicted molar refractivity (Wildman–Crippen MR) is 132 cm³/mol. The third kappa shape index (κ3) is 5.05. The molecule has 0 spiro atoms. The Hall–Kier alpha value is -3.04. The monoisotopic (exact) mass is 486 g/mol. The first-order chi connectivity index (χ1) is 16.5. The van der Waals surface area contributed by atoms with E-state index >= 15 is 0 Å². The highest BCUT2D eigenvalue weighted by Crippen LogP contribution is 2.39. The summed E-state index contributed by atoms with van der Waals surface area (Å²) in [6.07, 6.45) is 1.13. The molecular weight excluding hydrogens is 454 g/mol. The van der Waals surface area contributed by atoms with Gasteiger partial charge in [0, 0.05) is 13.0 Å². The molecule has 0 unspecified atom stereocenters. The van der Waals surface area contributed by atoms with Crippen molar-refractivity contribution in [2.45, 2.75) is 25.9 Å². The first-order valence-corrected chi connectivity index (χ1v) is 12.3. The molecule has 9 heteroatoms. The summed E-state index contributed by atoms with van der Waals surface area (Å²) in [5.41, 5.74) is 1.10. The fourth-order valence-corrected chi connectivity index (χ4v) is 5.55. The number of amides is 1. The number of aryl methyl sites for hydroxylation is 1. The van der Waals surface area contributed by atoms with E-state index in [1.807, 2.05) is 41.3 Å². The molecule has 0 atom stereocenters. The molecule has 3 aromatic rings. The summed E-state index contributed by atoms with van der Waals surface area (Å²) in [7, 11) is 4.86. The van der Waals surface area contributed by atoms with E-state index in [2.05, 4.69) is 0 Å². The fourth-order valence-electron chi connectivity index (χ4n) is 4.52. The number of benzene rings is 2. The summed E-state index contributed by atoms with van der Waals surface area (Å²) >= 11 is 1.47. The molecule has 0 saturated carbocycles. The van der Waals surface area contributed by atoms with Crippen LogP contribution in [0.15, 0.2) is 41.2 Å². The van der Waals surface area contributed by atoms with E-state index in [1.165, 1.54) is 16.4 Å². The van der Waals surface area contributed by atoms with Gasteiger partial charge < -0.3 is 24.0 Å². The van der Waals surface area contributed by atoms with E-state index in [0.29, 0.717) is 36.6 Å². The summed E-state index contributed by atoms with van der Waals surface area (Å²) in [4.78, 5) is 28.6. The van der Waals surface area contributed by atoms with Gasteiger partial charge in [-0.05, 0) is 30.7 Å². The van der Waals surface area contributed by atoms with E-state index in [-0.39, 0.29) is 11.5 Å². The first-order valence-electron chi connectivity index (χ1n) is 11.5. The largest absolute Gasteiger partial charge is 0.493 e. The number of rotatable bonds is 9. The quantitative estimate of drug-likeness (QED) is 0.499. The zero-order valence-corrected chi connectivity index (χ0v) is 20.8. The molecule has 1 aliphatic rings. The van der Waals surface area contributed by atoms with E-state index in [4.69, 9.17) is 14.2 Å². The molecule has 1 N–H and O–H groups in total. The molecule has 1 saturated heterocycles. The lowest BCUT2D eigenvalue weighted by molar-refractivity contribution is -0.917. The molecule has 2 heterocycles. The summed E-state index contributed by atoms with van der Waals surface area (Å²) in [5.74, 6) is 2.11. The molecule has 1 aliphatic heterocycles. The van der Waals surface area contributed by atoms with Crippen LogP contribution in [0.2, 0.25) is 0 Å². The topological polar surface area (TPSA) is 74.4 Å². The van der Waals surface area contributed by atoms with Crippen molar-refractivity contribution in [3.63, 3.8) is 0 Å². The van der Waals surface area contributed by atoms with Crippen molar-refractivity contribution in [3.8, 4) is 17.2 Å². The highest BCUT2D eigenvalue weighted by Gasteiger charge is 2.26. The van der Waals surface area contributed by atoms with Gasteiger partial charge >= 0.3 is 0 Å². The predicted octanol–water partition coefficient (Wildman–Crippen LogP) is 1.80. The van der Waals surface area contributed by atoms with Gasteiger partial charge in [0.2, 0.25) is 11.7 Å². The second-order valence-electron chi connectivity index (χ2n) is 8.40. The number of nitrogens with one attached hydrogen (secondary N) is 1. The Morgan fingerprint density at radius 3 is 2.41 bits per heavy atom. The minimum atomic E-state index is 0.0378. The molecule has 0 aliphatic carbocycles. The zero-order valence-electron chi connectivity index (χ0n) is 20.0.